The third-order valence-electron chi connectivity index (χ3n) is 6.80. The molecule has 4 N–H and O–H groups in total. The second-order valence-electron chi connectivity index (χ2n) is 9.35. The van der Waals surface area contributed by atoms with E-state index in [1.165, 1.54) is 11.1 Å². The molecule has 2 aromatic carbocycles. The summed E-state index contributed by atoms with van der Waals surface area (Å²) in [5, 5.41) is 7.80. The van der Waals surface area contributed by atoms with Crippen molar-refractivity contribution in [2.45, 2.75) is 44.9 Å². The number of halogens is 2. The summed E-state index contributed by atoms with van der Waals surface area (Å²) < 4.78 is 12.5. The van der Waals surface area contributed by atoms with Gasteiger partial charge in [0, 0.05) is 59.1 Å². The Morgan fingerprint density at radius 2 is 1.36 bits per heavy atom. The molecule has 8 nitrogen and oxygen atoms in total. The van der Waals surface area contributed by atoms with E-state index in [1.807, 2.05) is 36.7 Å². The number of unbranched alkanes of at least 4 members (excludes halogenated alkanes) is 1. The van der Waals surface area contributed by atoms with Crippen LogP contribution in [-0.2, 0) is 9.59 Å². The molecule has 0 radical (unpaired) electrons. The van der Waals surface area contributed by atoms with E-state index < -0.39 is 0 Å². The summed E-state index contributed by atoms with van der Waals surface area (Å²) in [6.07, 6.45) is 8.87. The zero-order valence-corrected chi connectivity index (χ0v) is 25.9. The van der Waals surface area contributed by atoms with Crippen molar-refractivity contribution >= 4 is 66.5 Å². The number of fused-ring (bicyclic) bond motifs is 2. The quantitative estimate of drug-likeness (QED) is 0.119. The van der Waals surface area contributed by atoms with Gasteiger partial charge in [-0.25, -0.2) is 0 Å². The SMILES string of the molecule is CCCCC(CNC=O)c1c[nH]c2cc(Br)c(OC)cc12.COc1cc2c(C(C)CNC=O)c[nH]c2cc1Br. The Labute approximate surface area is 245 Å². The molecular weight excluding hydrogens is 628 g/mol. The van der Waals surface area contributed by atoms with E-state index in [4.69, 9.17) is 9.47 Å². The molecule has 0 saturated heterocycles. The van der Waals surface area contributed by atoms with Gasteiger partial charge in [0.15, 0.2) is 0 Å². The zero-order valence-electron chi connectivity index (χ0n) is 22.7. The van der Waals surface area contributed by atoms with Crippen LogP contribution in [0.2, 0.25) is 0 Å². The first kappa shape index (κ1) is 30.6. The maximum absolute atomic E-state index is 10.6. The molecule has 0 aliphatic carbocycles. The lowest BCUT2D eigenvalue weighted by Crippen LogP contribution is -2.19. The lowest BCUT2D eigenvalue weighted by Gasteiger charge is -2.16. The molecular formula is C29H36Br2N4O4. The van der Waals surface area contributed by atoms with Crippen LogP contribution in [0, 0.1) is 0 Å². The summed E-state index contributed by atoms with van der Waals surface area (Å²) in [5.41, 5.74) is 4.53. The average Bonchev–Trinajstić information content (AvgIpc) is 3.54. The topological polar surface area (TPSA) is 108 Å². The lowest BCUT2D eigenvalue weighted by atomic mass is 9.93. The summed E-state index contributed by atoms with van der Waals surface area (Å²) in [6.45, 7) is 5.54. The van der Waals surface area contributed by atoms with Crippen molar-refractivity contribution in [2.24, 2.45) is 0 Å². The van der Waals surface area contributed by atoms with Crippen LogP contribution in [0.25, 0.3) is 21.8 Å². The van der Waals surface area contributed by atoms with Gasteiger partial charge >= 0.3 is 0 Å². The predicted molar refractivity (Wildman–Crippen MR) is 164 cm³/mol. The fourth-order valence-electron chi connectivity index (χ4n) is 4.69. The number of methoxy groups -OCH3 is 2. The molecule has 2 unspecified atom stereocenters. The van der Waals surface area contributed by atoms with Crippen LogP contribution in [0.15, 0.2) is 45.6 Å². The van der Waals surface area contributed by atoms with E-state index in [2.05, 4.69) is 66.3 Å². The molecule has 0 aliphatic rings. The molecule has 210 valence electrons. The van der Waals surface area contributed by atoms with Gasteiger partial charge in [-0.3, -0.25) is 9.59 Å². The monoisotopic (exact) mass is 662 g/mol. The van der Waals surface area contributed by atoms with E-state index in [9.17, 15) is 9.59 Å². The number of carbonyl (C=O) groups is 2. The highest BCUT2D eigenvalue weighted by Gasteiger charge is 2.17. The number of amides is 2. The molecule has 2 amide bonds. The van der Waals surface area contributed by atoms with Crippen molar-refractivity contribution in [1.29, 1.82) is 0 Å². The highest BCUT2D eigenvalue weighted by atomic mass is 79.9. The van der Waals surface area contributed by atoms with Crippen molar-refractivity contribution in [2.75, 3.05) is 27.3 Å². The molecule has 2 atom stereocenters. The van der Waals surface area contributed by atoms with Crippen LogP contribution in [0.1, 0.15) is 56.1 Å². The number of aromatic amines is 2. The number of H-pyrrole nitrogens is 2. The number of hydrogen-bond donors (Lipinski definition) is 4. The number of benzene rings is 2. The van der Waals surface area contributed by atoms with Crippen molar-refractivity contribution in [3.8, 4) is 11.5 Å². The number of carbonyl (C=O) groups excluding carboxylic acids is 2. The van der Waals surface area contributed by atoms with Gasteiger partial charge in [0.1, 0.15) is 11.5 Å². The van der Waals surface area contributed by atoms with Gasteiger partial charge in [-0.15, -0.1) is 0 Å². The van der Waals surface area contributed by atoms with Crippen molar-refractivity contribution in [3.63, 3.8) is 0 Å². The third-order valence-corrected chi connectivity index (χ3v) is 8.04. The Kier molecular flexibility index (Phi) is 11.7. The first-order chi connectivity index (χ1) is 18.9. The first-order valence-corrected chi connectivity index (χ1v) is 14.5. The van der Waals surface area contributed by atoms with Gasteiger partial charge in [0.25, 0.3) is 0 Å². The lowest BCUT2D eigenvalue weighted by molar-refractivity contribution is -0.110. The molecule has 0 fully saturated rings. The first-order valence-electron chi connectivity index (χ1n) is 12.9. The highest BCUT2D eigenvalue weighted by Crippen LogP contribution is 2.36. The smallest absolute Gasteiger partial charge is 0.207 e. The van der Waals surface area contributed by atoms with Crippen LogP contribution < -0.4 is 20.1 Å². The molecule has 2 aromatic heterocycles. The Balaban J connectivity index is 0.000000218. The molecule has 4 aromatic rings. The molecule has 0 saturated carbocycles. The minimum Gasteiger partial charge on any atom is -0.496 e. The fraction of sp³-hybridized carbons (Fsp3) is 0.379. The van der Waals surface area contributed by atoms with E-state index in [1.54, 1.807) is 14.2 Å². The summed E-state index contributed by atoms with van der Waals surface area (Å²) in [7, 11) is 3.32. The van der Waals surface area contributed by atoms with Crippen molar-refractivity contribution in [3.05, 3.63) is 56.7 Å². The Morgan fingerprint density at radius 1 is 0.846 bits per heavy atom. The number of rotatable bonds is 13. The second-order valence-corrected chi connectivity index (χ2v) is 11.1. The highest BCUT2D eigenvalue weighted by molar-refractivity contribution is 9.11. The van der Waals surface area contributed by atoms with Crippen LogP contribution in [-0.4, -0.2) is 50.1 Å². The standard InChI is InChI=1S/C16H21BrN2O2.C13H15BrN2O2/c1-3-4-5-11(8-18-10-20)13-9-19-15-7-14(17)16(21-2)6-12(13)15;1-8(5-15-7-17)10-6-16-12-4-11(14)13(18-2)3-9(10)12/h6-7,9-11,19H,3-5,8H2,1-2H3,(H,18,20);3-4,6-8,16H,5H2,1-2H3,(H,15,17). The summed E-state index contributed by atoms with van der Waals surface area (Å²) in [6, 6.07) is 8.08. The van der Waals surface area contributed by atoms with Crippen LogP contribution in [0.5, 0.6) is 11.5 Å². The van der Waals surface area contributed by atoms with Crippen LogP contribution in [0.3, 0.4) is 0 Å². The van der Waals surface area contributed by atoms with Crippen LogP contribution in [0.4, 0.5) is 0 Å². The molecule has 10 heteroatoms. The maximum atomic E-state index is 10.6. The number of ether oxygens (including phenoxy) is 2. The van der Waals surface area contributed by atoms with E-state index in [-0.39, 0.29) is 5.92 Å². The molecule has 0 spiro atoms. The number of aromatic nitrogens is 2. The van der Waals surface area contributed by atoms with Gasteiger partial charge in [0.2, 0.25) is 12.8 Å². The van der Waals surface area contributed by atoms with Crippen molar-refractivity contribution in [1.82, 2.24) is 20.6 Å². The largest absolute Gasteiger partial charge is 0.496 e. The predicted octanol–water partition coefficient (Wildman–Crippen LogP) is 6.75. The third kappa shape index (κ3) is 7.57. The normalized spacial score (nSPS) is 12.4. The molecule has 0 bridgehead atoms. The Hall–Kier alpha value is -2.98. The summed E-state index contributed by atoms with van der Waals surface area (Å²) in [4.78, 5) is 27.5. The summed E-state index contributed by atoms with van der Waals surface area (Å²) >= 11 is 6.97. The van der Waals surface area contributed by atoms with E-state index >= 15 is 0 Å². The van der Waals surface area contributed by atoms with Gasteiger partial charge in [-0.2, -0.15) is 0 Å². The average molecular weight is 664 g/mol. The Bertz CT molecular complexity index is 1380. The molecule has 39 heavy (non-hydrogen) atoms. The van der Waals surface area contributed by atoms with Gasteiger partial charge in [-0.05, 0) is 73.7 Å². The summed E-state index contributed by atoms with van der Waals surface area (Å²) in [5.74, 6) is 2.18. The van der Waals surface area contributed by atoms with E-state index in [0.717, 1.165) is 74.3 Å². The second kappa shape index (κ2) is 15.0. The fourth-order valence-corrected chi connectivity index (χ4v) is 5.70. The molecule has 0 aliphatic heterocycles. The molecule has 2 heterocycles. The van der Waals surface area contributed by atoms with Gasteiger partial charge in [-0.1, -0.05) is 26.7 Å². The van der Waals surface area contributed by atoms with E-state index in [0.29, 0.717) is 19.0 Å². The van der Waals surface area contributed by atoms with Crippen LogP contribution >= 0.6 is 31.9 Å². The number of nitrogens with one attached hydrogen (secondary N) is 4. The minimum absolute atomic E-state index is 0.245. The Morgan fingerprint density at radius 3 is 1.87 bits per heavy atom. The van der Waals surface area contributed by atoms with Crippen molar-refractivity contribution < 1.29 is 19.1 Å². The zero-order chi connectivity index (χ0) is 28.4. The van der Waals surface area contributed by atoms with Gasteiger partial charge in [0.05, 0.1) is 23.2 Å². The molecule has 4 rings (SSSR count). The van der Waals surface area contributed by atoms with Gasteiger partial charge < -0.3 is 30.1 Å². The number of hydrogen-bond acceptors (Lipinski definition) is 4. The minimum atomic E-state index is 0.245. The maximum Gasteiger partial charge on any atom is 0.207 e.